The zero-order valence-electron chi connectivity index (χ0n) is 17.5. The van der Waals surface area contributed by atoms with Crippen molar-refractivity contribution < 1.29 is 37.1 Å². The van der Waals surface area contributed by atoms with Gasteiger partial charge in [-0.15, -0.1) is 0 Å². The van der Waals surface area contributed by atoms with Crippen molar-refractivity contribution in [2.24, 2.45) is 0 Å². The second-order valence-corrected chi connectivity index (χ2v) is 7.15. The monoisotopic (exact) mass is 463 g/mol. The lowest BCUT2D eigenvalue weighted by Crippen LogP contribution is -2.36. The van der Waals surface area contributed by atoms with Gasteiger partial charge in [0.2, 0.25) is 0 Å². The lowest BCUT2D eigenvalue weighted by Gasteiger charge is -2.26. The van der Waals surface area contributed by atoms with Crippen LogP contribution < -0.4 is 4.74 Å². The maximum atomic E-state index is 12.8. The van der Waals surface area contributed by atoms with Crippen molar-refractivity contribution in [3.63, 3.8) is 0 Å². The molecule has 33 heavy (non-hydrogen) atoms. The van der Waals surface area contributed by atoms with Gasteiger partial charge in [-0.05, 0) is 31.2 Å². The number of aryl methyl sites for hydroxylation is 1. The molecule has 1 amide bonds. The van der Waals surface area contributed by atoms with Gasteiger partial charge >= 0.3 is 12.1 Å². The highest BCUT2D eigenvalue weighted by Gasteiger charge is 2.38. The first-order valence-electron chi connectivity index (χ1n) is 9.80. The molecular weight excluding hydrogens is 443 g/mol. The third-order valence-electron chi connectivity index (χ3n) is 4.75. The number of carbonyl (C=O) groups is 2. The molecule has 0 aliphatic carbocycles. The Morgan fingerprint density at radius 3 is 2.52 bits per heavy atom. The number of aromatic nitrogens is 2. The molecule has 8 nitrogen and oxygen atoms in total. The van der Waals surface area contributed by atoms with Crippen molar-refractivity contribution in [1.29, 1.82) is 0 Å². The van der Waals surface area contributed by atoms with Gasteiger partial charge in [0, 0.05) is 30.3 Å². The summed E-state index contributed by atoms with van der Waals surface area (Å²) in [5.41, 5.74) is 3.51. The first kappa shape index (κ1) is 23.8. The van der Waals surface area contributed by atoms with E-state index in [0.717, 1.165) is 22.6 Å². The van der Waals surface area contributed by atoms with Crippen molar-refractivity contribution >= 4 is 11.9 Å². The molecule has 0 radical (unpaired) electrons. The molecule has 3 heterocycles. The molecule has 4 rings (SSSR count). The Morgan fingerprint density at radius 1 is 1.21 bits per heavy atom. The summed E-state index contributed by atoms with van der Waals surface area (Å²) >= 11 is 0. The highest BCUT2D eigenvalue weighted by Crippen LogP contribution is 2.25. The van der Waals surface area contributed by atoms with E-state index in [1.165, 1.54) is 0 Å². The molecule has 174 valence electrons. The third-order valence-corrected chi connectivity index (χ3v) is 4.75. The van der Waals surface area contributed by atoms with Gasteiger partial charge in [-0.3, -0.25) is 9.78 Å². The Hall–Kier alpha value is -3.89. The van der Waals surface area contributed by atoms with Gasteiger partial charge in [-0.2, -0.15) is 13.2 Å². The standard InChI is InChI=1S/C20H19N3O3.C2HF3O2/c1-14-4-6-15(7-5-14)20(24)23-10-8-19-17(12-23)18(22-26-19)13-25-16-3-2-9-21-11-16;3-2(4,5)1(6)7/h2-7,9,11H,8,10,12-13H2,1H3;(H,6,7). The first-order chi connectivity index (χ1) is 15.6. The van der Waals surface area contributed by atoms with Crippen LogP contribution in [0.25, 0.3) is 0 Å². The molecule has 0 spiro atoms. The van der Waals surface area contributed by atoms with E-state index in [1.807, 2.05) is 48.2 Å². The fraction of sp³-hybridized carbons (Fsp3) is 0.273. The summed E-state index contributed by atoms with van der Waals surface area (Å²) in [5.74, 6) is -1.22. The molecule has 0 atom stereocenters. The van der Waals surface area contributed by atoms with Gasteiger partial charge < -0.3 is 19.3 Å². The fourth-order valence-corrected chi connectivity index (χ4v) is 3.01. The summed E-state index contributed by atoms with van der Waals surface area (Å²) in [6, 6.07) is 11.3. The summed E-state index contributed by atoms with van der Waals surface area (Å²) < 4.78 is 42.9. The Labute approximate surface area is 186 Å². The number of fused-ring (bicyclic) bond motifs is 1. The molecule has 3 aromatic rings. The first-order valence-corrected chi connectivity index (χ1v) is 9.80. The second kappa shape index (κ2) is 10.2. The maximum Gasteiger partial charge on any atom is 0.490 e. The zero-order valence-corrected chi connectivity index (χ0v) is 17.5. The Morgan fingerprint density at radius 2 is 1.91 bits per heavy atom. The average Bonchev–Trinajstić information content (AvgIpc) is 3.20. The smallest absolute Gasteiger partial charge is 0.486 e. The van der Waals surface area contributed by atoms with Gasteiger partial charge in [0.15, 0.2) is 0 Å². The van der Waals surface area contributed by atoms with Crippen LogP contribution in [0.15, 0.2) is 53.3 Å². The number of amides is 1. The number of carboxylic acids is 1. The van der Waals surface area contributed by atoms with Crippen LogP contribution in [-0.2, 0) is 24.4 Å². The van der Waals surface area contributed by atoms with Gasteiger partial charge in [-0.1, -0.05) is 22.9 Å². The number of alkyl halides is 3. The van der Waals surface area contributed by atoms with E-state index in [1.54, 1.807) is 12.4 Å². The van der Waals surface area contributed by atoms with E-state index in [4.69, 9.17) is 19.2 Å². The summed E-state index contributed by atoms with van der Waals surface area (Å²) in [6.45, 7) is 3.40. The number of carbonyl (C=O) groups excluding carboxylic acids is 1. The fourth-order valence-electron chi connectivity index (χ4n) is 3.01. The van der Waals surface area contributed by atoms with Crippen molar-refractivity contribution in [2.75, 3.05) is 6.54 Å². The van der Waals surface area contributed by atoms with Crippen LogP contribution in [0.5, 0.6) is 5.75 Å². The number of hydrogen-bond acceptors (Lipinski definition) is 6. The molecule has 0 saturated carbocycles. The SMILES string of the molecule is Cc1ccc(C(=O)N2CCc3onc(COc4cccnc4)c3C2)cc1.O=C(O)C(F)(F)F. The average molecular weight is 463 g/mol. The minimum Gasteiger partial charge on any atom is -0.486 e. The quantitative estimate of drug-likeness (QED) is 0.628. The lowest BCUT2D eigenvalue weighted by molar-refractivity contribution is -0.192. The predicted octanol–water partition coefficient (Wildman–Crippen LogP) is 3.79. The molecule has 0 unspecified atom stereocenters. The molecular formula is C22H20F3N3O5. The summed E-state index contributed by atoms with van der Waals surface area (Å²) in [4.78, 5) is 27.5. The van der Waals surface area contributed by atoms with Gasteiger partial charge in [-0.25, -0.2) is 4.79 Å². The molecule has 0 saturated heterocycles. The van der Waals surface area contributed by atoms with E-state index in [9.17, 15) is 18.0 Å². The number of aliphatic carboxylic acids is 1. The molecule has 2 aromatic heterocycles. The molecule has 1 aliphatic heterocycles. The molecule has 0 fully saturated rings. The number of rotatable bonds is 4. The summed E-state index contributed by atoms with van der Waals surface area (Å²) in [5, 5.41) is 11.3. The van der Waals surface area contributed by atoms with Crippen LogP contribution in [0, 0.1) is 6.92 Å². The number of nitrogens with zero attached hydrogens (tertiary/aromatic N) is 3. The Kier molecular flexibility index (Phi) is 7.31. The highest BCUT2D eigenvalue weighted by atomic mass is 19.4. The highest BCUT2D eigenvalue weighted by molar-refractivity contribution is 5.94. The molecule has 11 heteroatoms. The number of halogens is 3. The van der Waals surface area contributed by atoms with E-state index < -0.39 is 12.1 Å². The lowest BCUT2D eigenvalue weighted by atomic mass is 10.0. The van der Waals surface area contributed by atoms with Crippen LogP contribution in [-0.4, -0.2) is 44.7 Å². The molecule has 1 N–H and O–H groups in total. The number of ether oxygens (including phenoxy) is 1. The van der Waals surface area contributed by atoms with Crippen molar-refractivity contribution in [3.8, 4) is 5.75 Å². The van der Waals surface area contributed by atoms with Gasteiger partial charge in [0.1, 0.15) is 23.8 Å². The van der Waals surface area contributed by atoms with Gasteiger partial charge in [0.05, 0.1) is 12.7 Å². The van der Waals surface area contributed by atoms with Crippen LogP contribution in [0.3, 0.4) is 0 Å². The molecule has 1 aliphatic rings. The van der Waals surface area contributed by atoms with Crippen LogP contribution in [0.2, 0.25) is 0 Å². The molecule has 1 aromatic carbocycles. The zero-order chi connectivity index (χ0) is 24.0. The normalized spacial score (nSPS) is 12.9. The topological polar surface area (TPSA) is 106 Å². The number of carboxylic acid groups (broad SMARTS) is 1. The maximum absolute atomic E-state index is 12.8. The van der Waals surface area contributed by atoms with E-state index in [-0.39, 0.29) is 12.5 Å². The number of hydrogen-bond donors (Lipinski definition) is 1. The summed E-state index contributed by atoms with van der Waals surface area (Å²) in [6.07, 6.45) is -1.08. The van der Waals surface area contributed by atoms with Gasteiger partial charge in [0.25, 0.3) is 5.91 Å². The van der Waals surface area contributed by atoms with Crippen LogP contribution in [0.4, 0.5) is 13.2 Å². The van der Waals surface area contributed by atoms with E-state index in [0.29, 0.717) is 30.8 Å². The van der Waals surface area contributed by atoms with E-state index in [2.05, 4.69) is 10.1 Å². The third kappa shape index (κ3) is 6.31. The Balaban J connectivity index is 0.000000383. The number of pyridine rings is 1. The minimum absolute atomic E-state index is 0.0241. The van der Waals surface area contributed by atoms with Crippen molar-refractivity contribution in [3.05, 3.63) is 76.9 Å². The van der Waals surface area contributed by atoms with Crippen LogP contribution in [0.1, 0.15) is 32.9 Å². The molecule has 0 bridgehead atoms. The van der Waals surface area contributed by atoms with Crippen molar-refractivity contribution in [1.82, 2.24) is 15.0 Å². The van der Waals surface area contributed by atoms with Crippen molar-refractivity contribution in [2.45, 2.75) is 32.7 Å². The number of benzene rings is 1. The Bertz CT molecular complexity index is 1100. The minimum atomic E-state index is -5.08. The summed E-state index contributed by atoms with van der Waals surface area (Å²) in [7, 11) is 0. The van der Waals surface area contributed by atoms with E-state index >= 15 is 0 Å². The second-order valence-electron chi connectivity index (χ2n) is 7.15. The largest absolute Gasteiger partial charge is 0.490 e. The van der Waals surface area contributed by atoms with Crippen LogP contribution >= 0.6 is 0 Å². The predicted molar refractivity (Wildman–Crippen MR) is 108 cm³/mol.